The second-order valence-electron chi connectivity index (χ2n) is 0. The molecule has 0 unspecified atom stereocenters. The topological polar surface area (TPSA) is 252 Å². The van der Waals surface area contributed by atoms with Crippen molar-refractivity contribution < 1.29 is 216 Å². The van der Waals surface area contributed by atoms with Crippen LogP contribution in [-0.2, 0) is 43.4 Å². The molecule has 0 aromatic carbocycles. The van der Waals surface area contributed by atoms with Gasteiger partial charge < -0.3 is 50.9 Å². The molecule has 0 spiro atoms. The smallest absolute Gasteiger partial charge is 1.00 e. The van der Waals surface area contributed by atoms with Gasteiger partial charge in [0, 0.05) is 43.4 Å². The molecule has 0 atom stereocenters. The molecule has 14 heteroatoms. The summed E-state index contributed by atoms with van der Waals surface area (Å²) in [6, 6.07) is 0. The van der Waals surface area contributed by atoms with Gasteiger partial charge in [-0.2, -0.15) is 0 Å². The minimum absolute atomic E-state index is 0. The van der Waals surface area contributed by atoms with Gasteiger partial charge in [-0.3, -0.25) is 0 Å². The van der Waals surface area contributed by atoms with Crippen LogP contribution in [0.5, 0.6) is 0 Å². The van der Waals surface area contributed by atoms with Crippen molar-refractivity contribution in [3.05, 3.63) is 0 Å². The maximum absolute atomic E-state index is 0. The Labute approximate surface area is 247 Å². The van der Waals surface area contributed by atoms with Crippen LogP contribution in [0, 0.1) is 0 Å². The zero-order valence-electron chi connectivity index (χ0n) is 13.7. The van der Waals surface area contributed by atoms with Crippen LogP contribution in [0.1, 0.15) is 7.13 Å². The Morgan fingerprint density at radius 1 is 0.429 bits per heavy atom. The van der Waals surface area contributed by atoms with Crippen LogP contribution in [0.25, 0.3) is 0 Å². The zero-order chi connectivity index (χ0) is 0. The standard InChI is InChI=1S/Ca.2K.Li.8H2O.2Ti.5H/h;;;;8*1H2;;;;;;;/q+2;3*+1;;;;;;;;;;;5*-1. The molecule has 0 saturated carbocycles. The summed E-state index contributed by atoms with van der Waals surface area (Å²) in [4.78, 5) is 0. The Morgan fingerprint density at radius 2 is 0.429 bits per heavy atom. The van der Waals surface area contributed by atoms with Crippen molar-refractivity contribution in [1.29, 1.82) is 0 Å². The van der Waals surface area contributed by atoms with Gasteiger partial charge in [0.25, 0.3) is 0 Å². The Bertz CT molecular complexity index is 41.1. The van der Waals surface area contributed by atoms with Gasteiger partial charge in [0.15, 0.2) is 0 Å². The molecule has 8 nitrogen and oxygen atoms in total. The van der Waals surface area contributed by atoms with Crippen molar-refractivity contribution >= 4 is 37.7 Å². The summed E-state index contributed by atoms with van der Waals surface area (Å²) in [5.74, 6) is 0. The van der Waals surface area contributed by atoms with E-state index in [-0.39, 0.29) is 254 Å². The first-order valence-corrected chi connectivity index (χ1v) is 0. The first kappa shape index (κ1) is 192. The van der Waals surface area contributed by atoms with Gasteiger partial charge in [-0.15, -0.1) is 0 Å². The molecule has 0 bridgehead atoms. The average molecular weight is 370 g/mol. The van der Waals surface area contributed by atoms with Crippen molar-refractivity contribution in [2.45, 2.75) is 0 Å². The molecule has 14 heavy (non-hydrogen) atoms. The summed E-state index contributed by atoms with van der Waals surface area (Å²) < 4.78 is 0. The fraction of sp³-hybridized carbons (Fsp3) is 0. The van der Waals surface area contributed by atoms with E-state index >= 15 is 0 Å². The maximum Gasteiger partial charge on any atom is 2.00 e. The second kappa shape index (κ2) is 164. The van der Waals surface area contributed by atoms with Gasteiger partial charge >= 0.3 is 159 Å². The van der Waals surface area contributed by atoms with E-state index < -0.39 is 0 Å². The molecule has 16 N–H and O–H groups in total. The van der Waals surface area contributed by atoms with E-state index in [2.05, 4.69) is 0 Å². The molecule has 0 aliphatic rings. The molecule has 0 radical (unpaired) electrons. The molecule has 0 aromatic rings. The summed E-state index contributed by atoms with van der Waals surface area (Å²) in [6.45, 7) is 0. The van der Waals surface area contributed by atoms with Gasteiger partial charge in [-0.05, 0) is 0 Å². The molecule has 82 valence electrons. The molecule has 0 fully saturated rings. The molecule has 0 aliphatic carbocycles. The summed E-state index contributed by atoms with van der Waals surface area (Å²) in [7, 11) is 0. The van der Waals surface area contributed by atoms with E-state index in [0.717, 1.165) is 0 Å². The van der Waals surface area contributed by atoms with E-state index in [1.165, 1.54) is 0 Å². The van der Waals surface area contributed by atoms with E-state index in [9.17, 15) is 0 Å². The third-order valence-corrected chi connectivity index (χ3v) is 0. The SMILES string of the molecule is O.O.O.O.O.O.O.O.[Ca+2].[H-].[H-].[H-].[H-].[H-].[K+].[K+].[Li+].[Ti].[Ti]. The van der Waals surface area contributed by atoms with Crippen LogP contribution in [0.15, 0.2) is 0 Å². The van der Waals surface area contributed by atoms with Gasteiger partial charge in [0.2, 0.25) is 0 Å². The monoisotopic (exact) mass is 370 g/mol. The summed E-state index contributed by atoms with van der Waals surface area (Å²) >= 11 is 0. The quantitative estimate of drug-likeness (QED) is 0.360. The van der Waals surface area contributed by atoms with Crippen molar-refractivity contribution in [2.75, 3.05) is 0 Å². The zero-order valence-corrected chi connectivity index (χ0v) is 20.3. The van der Waals surface area contributed by atoms with Crippen LogP contribution < -0.4 is 122 Å². The third-order valence-electron chi connectivity index (χ3n) is 0. The first-order chi connectivity index (χ1) is 0. The number of hydrogen-bond donors (Lipinski definition) is 0. The summed E-state index contributed by atoms with van der Waals surface area (Å²) in [5, 5.41) is 0. The summed E-state index contributed by atoms with van der Waals surface area (Å²) in [5.41, 5.74) is 0. The van der Waals surface area contributed by atoms with Crippen molar-refractivity contribution in [1.82, 2.24) is 0 Å². The van der Waals surface area contributed by atoms with Crippen molar-refractivity contribution in [3.63, 3.8) is 0 Å². The molecular formula is H21CaK2LiO8Ti2. The maximum atomic E-state index is 0. The minimum atomic E-state index is 0. The fourth-order valence-corrected chi connectivity index (χ4v) is 0. The van der Waals surface area contributed by atoms with Gasteiger partial charge in [0.05, 0.1) is 0 Å². The van der Waals surface area contributed by atoms with Gasteiger partial charge in [0.1, 0.15) is 0 Å². The van der Waals surface area contributed by atoms with E-state index in [0.29, 0.717) is 0 Å². The Kier molecular flexibility index (Phi) is 2260. The predicted molar refractivity (Wildman–Crippen MR) is 40.2 cm³/mol. The van der Waals surface area contributed by atoms with Crippen LogP contribution >= 0.6 is 0 Å². The Hall–Kier alpha value is 6.24. The molecular weight excluding hydrogens is 349 g/mol. The van der Waals surface area contributed by atoms with Crippen LogP contribution in [-0.4, -0.2) is 81.5 Å². The van der Waals surface area contributed by atoms with Crippen molar-refractivity contribution in [3.8, 4) is 0 Å². The Morgan fingerprint density at radius 3 is 0.429 bits per heavy atom. The third kappa shape index (κ3) is 139. The minimum Gasteiger partial charge on any atom is -1.00 e. The molecule has 0 saturated heterocycles. The normalized spacial score (nSPS) is 0. The molecule has 0 aliphatic heterocycles. The predicted octanol–water partition coefficient (Wildman–Crippen LogP) is -15.4. The molecule has 0 heterocycles. The second-order valence-corrected chi connectivity index (χ2v) is 0. The first-order valence-electron chi connectivity index (χ1n) is 0. The molecule has 0 aromatic heterocycles. The van der Waals surface area contributed by atoms with Crippen LogP contribution in [0.3, 0.4) is 0 Å². The van der Waals surface area contributed by atoms with Gasteiger partial charge in [-0.25, -0.2) is 0 Å². The van der Waals surface area contributed by atoms with E-state index in [1.54, 1.807) is 0 Å². The fourth-order valence-electron chi connectivity index (χ4n) is 0. The van der Waals surface area contributed by atoms with Crippen LogP contribution in [0.4, 0.5) is 0 Å². The largest absolute Gasteiger partial charge is 2.00 e. The number of hydrogen-bond acceptors (Lipinski definition) is 0. The van der Waals surface area contributed by atoms with Crippen LogP contribution in [0.2, 0.25) is 0 Å². The molecule has 0 amide bonds. The summed E-state index contributed by atoms with van der Waals surface area (Å²) in [6.07, 6.45) is 0. The van der Waals surface area contributed by atoms with Crippen molar-refractivity contribution in [2.24, 2.45) is 0 Å². The Balaban J connectivity index is 0. The van der Waals surface area contributed by atoms with Gasteiger partial charge in [-0.1, -0.05) is 0 Å². The van der Waals surface area contributed by atoms with E-state index in [4.69, 9.17) is 0 Å². The average Bonchev–Trinajstić information content (AvgIpc) is 0. The molecule has 0 rings (SSSR count). The number of rotatable bonds is 0. The van der Waals surface area contributed by atoms with E-state index in [1.807, 2.05) is 0 Å².